The Morgan fingerprint density at radius 2 is 2.16 bits per heavy atom. The van der Waals surface area contributed by atoms with Crippen LogP contribution in [0.1, 0.15) is 6.42 Å². The maximum Gasteiger partial charge on any atom is 0.326 e. The molecule has 0 amide bonds. The lowest BCUT2D eigenvalue weighted by atomic mass is 10.1. The molecule has 0 saturated carbocycles. The van der Waals surface area contributed by atoms with Gasteiger partial charge >= 0.3 is 5.97 Å². The van der Waals surface area contributed by atoms with Crippen molar-refractivity contribution >= 4 is 16.0 Å². The van der Waals surface area contributed by atoms with Gasteiger partial charge in [-0.3, -0.25) is 4.79 Å². The molecular weight excluding hydrogens is 353 g/mol. The number of methoxy groups -OCH3 is 1. The number of furan rings is 1. The van der Waals surface area contributed by atoms with Gasteiger partial charge in [-0.05, 0) is 30.2 Å². The van der Waals surface area contributed by atoms with Gasteiger partial charge in [0.05, 0.1) is 19.5 Å². The van der Waals surface area contributed by atoms with Crippen molar-refractivity contribution < 1.29 is 31.9 Å². The Morgan fingerprint density at radius 1 is 1.40 bits per heavy atom. The smallest absolute Gasteiger partial charge is 0.326 e. The molecule has 1 N–H and O–H groups in total. The SMILES string of the molecule is COC(=O)[C@@H]1[C@@H](O)CCN1S(=O)(=O)c1occc1-c1cccc(F)c1. The topological polar surface area (TPSA) is 97.0 Å². The molecule has 25 heavy (non-hydrogen) atoms. The number of nitrogens with zero attached hydrogens (tertiary/aromatic N) is 1. The Balaban J connectivity index is 2.05. The molecule has 2 heterocycles. The lowest BCUT2D eigenvalue weighted by molar-refractivity contribution is -0.146. The van der Waals surface area contributed by atoms with Crippen LogP contribution in [0.15, 0.2) is 46.1 Å². The minimum absolute atomic E-state index is 0.0629. The highest BCUT2D eigenvalue weighted by atomic mass is 32.2. The van der Waals surface area contributed by atoms with Gasteiger partial charge in [0, 0.05) is 12.1 Å². The van der Waals surface area contributed by atoms with E-state index in [1.54, 1.807) is 6.07 Å². The molecule has 1 saturated heterocycles. The monoisotopic (exact) mass is 369 g/mol. The van der Waals surface area contributed by atoms with E-state index in [0.717, 1.165) is 11.4 Å². The van der Waals surface area contributed by atoms with Crippen molar-refractivity contribution in [3.05, 3.63) is 42.4 Å². The number of aliphatic hydroxyl groups excluding tert-OH is 1. The molecular formula is C16H16FNO6S. The maximum atomic E-state index is 13.5. The number of benzene rings is 1. The van der Waals surface area contributed by atoms with Gasteiger partial charge < -0.3 is 14.3 Å². The maximum absolute atomic E-state index is 13.5. The summed E-state index contributed by atoms with van der Waals surface area (Å²) in [4.78, 5) is 11.9. The third-order valence-electron chi connectivity index (χ3n) is 4.07. The first-order chi connectivity index (χ1) is 11.9. The van der Waals surface area contributed by atoms with Gasteiger partial charge in [0.25, 0.3) is 10.0 Å². The van der Waals surface area contributed by atoms with E-state index in [1.807, 2.05) is 0 Å². The van der Waals surface area contributed by atoms with Crippen molar-refractivity contribution in [2.24, 2.45) is 0 Å². The average molecular weight is 369 g/mol. The first kappa shape index (κ1) is 17.6. The summed E-state index contributed by atoms with van der Waals surface area (Å²) < 4.78 is 50.0. The van der Waals surface area contributed by atoms with Crippen LogP contribution in [-0.4, -0.2) is 49.6 Å². The van der Waals surface area contributed by atoms with Crippen molar-refractivity contribution in [3.63, 3.8) is 0 Å². The van der Waals surface area contributed by atoms with E-state index in [4.69, 9.17) is 4.42 Å². The molecule has 1 aromatic carbocycles. The highest BCUT2D eigenvalue weighted by molar-refractivity contribution is 7.89. The van der Waals surface area contributed by atoms with Gasteiger partial charge in [-0.1, -0.05) is 12.1 Å². The summed E-state index contributed by atoms with van der Waals surface area (Å²) in [6.07, 6.45) is 0.0942. The highest BCUT2D eigenvalue weighted by Crippen LogP contribution is 2.34. The number of carbonyl (C=O) groups excluding carboxylic acids is 1. The van der Waals surface area contributed by atoms with Crippen LogP contribution in [0.25, 0.3) is 11.1 Å². The van der Waals surface area contributed by atoms with Crippen LogP contribution in [0.2, 0.25) is 0 Å². The number of halogens is 1. The molecule has 2 aromatic rings. The molecule has 0 unspecified atom stereocenters. The third-order valence-corrected chi connectivity index (χ3v) is 5.88. The van der Waals surface area contributed by atoms with Gasteiger partial charge in [0.1, 0.15) is 11.9 Å². The number of rotatable bonds is 4. The molecule has 1 aliphatic heterocycles. The molecule has 9 heteroatoms. The van der Waals surface area contributed by atoms with Crippen LogP contribution in [0.5, 0.6) is 0 Å². The first-order valence-corrected chi connectivity index (χ1v) is 8.91. The zero-order chi connectivity index (χ0) is 18.2. The van der Waals surface area contributed by atoms with Crippen LogP contribution in [-0.2, 0) is 19.6 Å². The second kappa shape index (κ2) is 6.58. The Morgan fingerprint density at radius 3 is 2.84 bits per heavy atom. The molecule has 134 valence electrons. The molecule has 0 aliphatic carbocycles. The summed E-state index contributed by atoms with van der Waals surface area (Å²) in [5.74, 6) is -1.38. The van der Waals surface area contributed by atoms with Crippen LogP contribution in [0.3, 0.4) is 0 Å². The second-order valence-electron chi connectivity index (χ2n) is 5.57. The minimum Gasteiger partial charge on any atom is -0.468 e. The van der Waals surface area contributed by atoms with E-state index in [1.165, 1.54) is 30.5 Å². The van der Waals surface area contributed by atoms with Crippen molar-refractivity contribution in [2.75, 3.05) is 13.7 Å². The normalized spacial score (nSPS) is 21.4. The van der Waals surface area contributed by atoms with Crippen molar-refractivity contribution in [1.29, 1.82) is 0 Å². The molecule has 1 fully saturated rings. The number of sulfonamides is 1. The highest BCUT2D eigenvalue weighted by Gasteiger charge is 2.47. The average Bonchev–Trinajstić information content (AvgIpc) is 3.21. The summed E-state index contributed by atoms with van der Waals surface area (Å²) in [5.41, 5.74) is 0.492. The molecule has 0 bridgehead atoms. The third kappa shape index (κ3) is 3.06. The van der Waals surface area contributed by atoms with Gasteiger partial charge in [-0.15, -0.1) is 0 Å². The predicted octanol–water partition coefficient (Wildman–Crippen LogP) is 1.38. The van der Waals surface area contributed by atoms with Gasteiger partial charge in [-0.2, -0.15) is 4.31 Å². The lowest BCUT2D eigenvalue weighted by Crippen LogP contribution is -2.45. The Bertz CT molecular complexity index is 894. The number of carbonyl (C=O) groups is 1. The van der Waals surface area contributed by atoms with Crippen molar-refractivity contribution in [3.8, 4) is 11.1 Å². The van der Waals surface area contributed by atoms with Crippen molar-refractivity contribution in [2.45, 2.75) is 23.7 Å². The van der Waals surface area contributed by atoms with E-state index in [2.05, 4.69) is 4.74 Å². The standard InChI is InChI=1S/C16H16FNO6S/c1-23-15(20)14-13(19)5-7-18(14)25(21,22)16-12(6-8-24-16)10-3-2-4-11(17)9-10/h2-4,6,8-9,13-14,19H,5,7H2,1H3/t13-,14-/m0/s1. The van der Waals surface area contributed by atoms with E-state index >= 15 is 0 Å². The number of hydrogen-bond acceptors (Lipinski definition) is 6. The van der Waals surface area contributed by atoms with E-state index in [-0.39, 0.29) is 18.5 Å². The fourth-order valence-corrected chi connectivity index (χ4v) is 4.61. The molecule has 0 radical (unpaired) electrons. The number of aliphatic hydroxyl groups is 1. The van der Waals surface area contributed by atoms with E-state index in [9.17, 15) is 22.7 Å². The predicted molar refractivity (Wildman–Crippen MR) is 84.4 cm³/mol. The fourth-order valence-electron chi connectivity index (χ4n) is 2.89. The molecule has 2 atom stereocenters. The van der Waals surface area contributed by atoms with Crippen LogP contribution in [0, 0.1) is 5.82 Å². The quantitative estimate of drug-likeness (QED) is 0.818. The van der Waals surface area contributed by atoms with E-state index < -0.39 is 39.0 Å². The number of hydrogen-bond donors (Lipinski definition) is 1. The zero-order valence-corrected chi connectivity index (χ0v) is 14.1. The Kier molecular flexibility index (Phi) is 4.63. The van der Waals surface area contributed by atoms with Gasteiger partial charge in [-0.25, -0.2) is 12.8 Å². The summed E-state index contributed by atoms with van der Waals surface area (Å²) in [6.45, 7) is -0.0629. The fraction of sp³-hybridized carbons (Fsp3) is 0.312. The summed E-state index contributed by atoms with van der Waals surface area (Å²) in [5, 5.41) is 9.54. The molecule has 3 rings (SSSR count). The van der Waals surface area contributed by atoms with Crippen LogP contribution in [0.4, 0.5) is 4.39 Å². The number of esters is 1. The molecule has 0 spiro atoms. The lowest BCUT2D eigenvalue weighted by Gasteiger charge is -2.22. The van der Waals surface area contributed by atoms with Crippen LogP contribution < -0.4 is 0 Å². The Labute approximate surface area is 143 Å². The number of ether oxygens (including phenoxy) is 1. The Hall–Kier alpha value is -2.23. The first-order valence-electron chi connectivity index (χ1n) is 7.47. The van der Waals surface area contributed by atoms with Crippen LogP contribution >= 0.6 is 0 Å². The van der Waals surface area contributed by atoms with Gasteiger partial charge in [0.2, 0.25) is 5.09 Å². The summed E-state index contributed by atoms with van der Waals surface area (Å²) in [7, 11) is -3.13. The van der Waals surface area contributed by atoms with Gasteiger partial charge in [0.15, 0.2) is 0 Å². The summed E-state index contributed by atoms with van der Waals surface area (Å²) >= 11 is 0. The largest absolute Gasteiger partial charge is 0.468 e. The zero-order valence-electron chi connectivity index (χ0n) is 13.3. The summed E-state index contributed by atoms with van der Waals surface area (Å²) in [6, 6.07) is 5.47. The molecule has 1 aromatic heterocycles. The van der Waals surface area contributed by atoms with E-state index in [0.29, 0.717) is 5.56 Å². The van der Waals surface area contributed by atoms with Crippen molar-refractivity contribution in [1.82, 2.24) is 4.31 Å². The molecule has 7 nitrogen and oxygen atoms in total. The minimum atomic E-state index is -4.24. The second-order valence-corrected chi connectivity index (χ2v) is 7.36. The molecule has 1 aliphatic rings.